The van der Waals surface area contributed by atoms with Gasteiger partial charge in [0.05, 0.1) is 17.0 Å². The molecule has 1 aromatic rings. The van der Waals surface area contributed by atoms with Crippen molar-refractivity contribution in [3.8, 4) is 0 Å². The first kappa shape index (κ1) is 14.9. The van der Waals surface area contributed by atoms with Crippen molar-refractivity contribution < 1.29 is 17.9 Å². The SMILES string of the molecule is O=S(=O)(NC1CCC2(CC1)OCCO2)c1ccc(Br)s1. The summed E-state index contributed by atoms with van der Waals surface area (Å²) in [5.41, 5.74) is 0. The van der Waals surface area contributed by atoms with Crippen LogP contribution in [0.3, 0.4) is 0 Å². The minimum Gasteiger partial charge on any atom is -0.348 e. The van der Waals surface area contributed by atoms with Crippen LogP contribution in [0.25, 0.3) is 0 Å². The zero-order chi connectivity index (χ0) is 14.2. The van der Waals surface area contributed by atoms with Crippen LogP contribution in [0.1, 0.15) is 25.7 Å². The normalized spacial score (nSPS) is 23.4. The van der Waals surface area contributed by atoms with Crippen LogP contribution in [0.5, 0.6) is 0 Å². The third kappa shape index (κ3) is 3.10. The number of hydrogen-bond donors (Lipinski definition) is 1. The molecule has 8 heteroatoms. The van der Waals surface area contributed by atoms with Gasteiger partial charge in [0.2, 0.25) is 10.0 Å². The standard InChI is InChI=1S/C12H16BrNO4S2/c13-10-1-2-11(19-10)20(15,16)14-9-3-5-12(6-4-9)17-7-8-18-12/h1-2,9,14H,3-8H2. The van der Waals surface area contributed by atoms with E-state index in [2.05, 4.69) is 20.7 Å². The molecule has 2 aliphatic rings. The zero-order valence-corrected chi connectivity index (χ0v) is 14.0. The Morgan fingerprint density at radius 1 is 1.25 bits per heavy atom. The van der Waals surface area contributed by atoms with Crippen molar-refractivity contribution in [2.75, 3.05) is 13.2 Å². The Morgan fingerprint density at radius 3 is 2.45 bits per heavy atom. The van der Waals surface area contributed by atoms with Crippen molar-refractivity contribution in [1.82, 2.24) is 4.72 Å². The number of rotatable bonds is 3. The van der Waals surface area contributed by atoms with E-state index in [1.165, 1.54) is 11.3 Å². The van der Waals surface area contributed by atoms with E-state index in [-0.39, 0.29) is 6.04 Å². The molecule has 0 bridgehead atoms. The molecule has 0 aromatic carbocycles. The molecular formula is C12H16BrNO4S2. The summed E-state index contributed by atoms with van der Waals surface area (Å²) in [5.74, 6) is -0.450. The predicted octanol–water partition coefficient (Wildman–Crippen LogP) is 2.47. The van der Waals surface area contributed by atoms with Crippen LogP contribution in [0.4, 0.5) is 0 Å². The van der Waals surface area contributed by atoms with E-state index in [1.54, 1.807) is 12.1 Å². The van der Waals surface area contributed by atoms with Gasteiger partial charge in [0.25, 0.3) is 0 Å². The first-order chi connectivity index (χ1) is 9.49. The fourth-order valence-corrected chi connectivity index (χ4v) is 6.01. The molecule has 20 heavy (non-hydrogen) atoms. The lowest BCUT2D eigenvalue weighted by Gasteiger charge is -2.35. The van der Waals surface area contributed by atoms with Crippen LogP contribution in [0.15, 0.2) is 20.1 Å². The van der Waals surface area contributed by atoms with Gasteiger partial charge in [-0.15, -0.1) is 11.3 Å². The summed E-state index contributed by atoms with van der Waals surface area (Å²) in [5, 5.41) is 0. The second-order valence-corrected chi connectivity index (χ2v) is 9.47. The number of halogens is 1. The van der Waals surface area contributed by atoms with Crippen LogP contribution >= 0.6 is 27.3 Å². The first-order valence-corrected chi connectivity index (χ1v) is 9.64. The summed E-state index contributed by atoms with van der Waals surface area (Å²) in [6.45, 7) is 1.28. The van der Waals surface area contributed by atoms with Gasteiger partial charge in [-0.3, -0.25) is 0 Å². The second kappa shape index (κ2) is 5.66. The molecule has 0 unspecified atom stereocenters. The largest absolute Gasteiger partial charge is 0.348 e. The molecule has 3 rings (SSSR count). The lowest BCUT2D eigenvalue weighted by atomic mass is 9.91. The molecule has 1 N–H and O–H groups in total. The Kier molecular flexibility index (Phi) is 4.22. The van der Waals surface area contributed by atoms with Crippen LogP contribution in [-0.4, -0.2) is 33.5 Å². The fraction of sp³-hybridized carbons (Fsp3) is 0.667. The summed E-state index contributed by atoms with van der Waals surface area (Å²) < 4.78 is 39.7. The van der Waals surface area contributed by atoms with E-state index in [0.29, 0.717) is 17.4 Å². The molecule has 0 amide bonds. The molecule has 2 heterocycles. The molecule has 1 saturated carbocycles. The highest BCUT2D eigenvalue weighted by atomic mass is 79.9. The van der Waals surface area contributed by atoms with Crippen molar-refractivity contribution in [2.24, 2.45) is 0 Å². The van der Waals surface area contributed by atoms with Gasteiger partial charge in [-0.2, -0.15) is 0 Å². The molecule has 1 aliphatic carbocycles. The number of thiophene rings is 1. The van der Waals surface area contributed by atoms with Crippen LogP contribution in [0, 0.1) is 0 Å². The van der Waals surface area contributed by atoms with E-state index in [0.717, 1.165) is 29.5 Å². The quantitative estimate of drug-likeness (QED) is 0.873. The molecular weight excluding hydrogens is 366 g/mol. The predicted molar refractivity (Wildman–Crippen MR) is 79.2 cm³/mol. The van der Waals surface area contributed by atoms with Crippen LogP contribution < -0.4 is 4.72 Å². The third-order valence-electron chi connectivity index (χ3n) is 3.70. The molecule has 1 aliphatic heterocycles. The van der Waals surface area contributed by atoms with E-state index in [4.69, 9.17) is 9.47 Å². The van der Waals surface area contributed by atoms with Crippen molar-refractivity contribution >= 4 is 37.3 Å². The second-order valence-electron chi connectivity index (χ2n) is 5.06. The van der Waals surface area contributed by atoms with Gasteiger partial charge in [0.15, 0.2) is 5.79 Å². The number of ether oxygens (including phenoxy) is 2. The van der Waals surface area contributed by atoms with E-state index >= 15 is 0 Å². The smallest absolute Gasteiger partial charge is 0.250 e. The highest BCUT2D eigenvalue weighted by Crippen LogP contribution is 2.36. The molecule has 112 valence electrons. The summed E-state index contributed by atoms with van der Waals surface area (Å²) in [7, 11) is -3.42. The molecule has 1 saturated heterocycles. The summed E-state index contributed by atoms with van der Waals surface area (Å²) in [6.07, 6.45) is 2.97. The van der Waals surface area contributed by atoms with E-state index in [9.17, 15) is 8.42 Å². The maximum atomic E-state index is 12.2. The van der Waals surface area contributed by atoms with Crippen molar-refractivity contribution in [3.63, 3.8) is 0 Å². The topological polar surface area (TPSA) is 64.6 Å². The summed E-state index contributed by atoms with van der Waals surface area (Å²) in [4.78, 5) is 0. The summed E-state index contributed by atoms with van der Waals surface area (Å²) in [6, 6.07) is 3.32. The molecule has 0 radical (unpaired) electrons. The van der Waals surface area contributed by atoms with E-state index in [1.807, 2.05) is 0 Å². The van der Waals surface area contributed by atoms with E-state index < -0.39 is 15.8 Å². The zero-order valence-electron chi connectivity index (χ0n) is 10.8. The van der Waals surface area contributed by atoms with Gasteiger partial charge < -0.3 is 9.47 Å². The average molecular weight is 382 g/mol. The maximum Gasteiger partial charge on any atom is 0.250 e. The van der Waals surface area contributed by atoms with Gasteiger partial charge in [-0.05, 0) is 40.9 Å². The van der Waals surface area contributed by atoms with Crippen molar-refractivity contribution in [1.29, 1.82) is 0 Å². The molecule has 1 spiro atoms. The Labute approximate surface area is 130 Å². The van der Waals surface area contributed by atoms with Gasteiger partial charge in [-0.1, -0.05) is 0 Å². The minimum atomic E-state index is -3.42. The maximum absolute atomic E-state index is 12.2. The van der Waals surface area contributed by atoms with Gasteiger partial charge >= 0.3 is 0 Å². The van der Waals surface area contributed by atoms with Crippen molar-refractivity contribution in [3.05, 3.63) is 15.9 Å². The fourth-order valence-electron chi connectivity index (χ4n) is 2.68. The van der Waals surface area contributed by atoms with Gasteiger partial charge in [0, 0.05) is 18.9 Å². The third-order valence-corrected chi connectivity index (χ3v) is 7.33. The molecule has 1 aromatic heterocycles. The minimum absolute atomic E-state index is 0.0423. The van der Waals surface area contributed by atoms with Gasteiger partial charge in [-0.25, -0.2) is 13.1 Å². The Hall–Kier alpha value is 0.01000. The number of hydrogen-bond acceptors (Lipinski definition) is 5. The number of nitrogens with one attached hydrogen (secondary N) is 1. The average Bonchev–Trinajstić information content (AvgIpc) is 3.03. The van der Waals surface area contributed by atoms with Crippen LogP contribution in [-0.2, 0) is 19.5 Å². The summed E-state index contributed by atoms with van der Waals surface area (Å²) >= 11 is 4.50. The monoisotopic (exact) mass is 381 g/mol. The molecule has 5 nitrogen and oxygen atoms in total. The highest BCUT2D eigenvalue weighted by Gasteiger charge is 2.41. The lowest BCUT2D eigenvalue weighted by molar-refractivity contribution is -0.178. The molecule has 2 fully saturated rings. The Morgan fingerprint density at radius 2 is 1.90 bits per heavy atom. The molecule has 0 atom stereocenters. The highest BCUT2D eigenvalue weighted by molar-refractivity contribution is 9.11. The van der Waals surface area contributed by atoms with Crippen LogP contribution in [0.2, 0.25) is 0 Å². The Balaban J connectivity index is 1.62. The number of sulfonamides is 1. The first-order valence-electron chi connectivity index (χ1n) is 6.55. The lowest BCUT2D eigenvalue weighted by Crippen LogP contribution is -2.43. The Bertz CT molecular complexity index is 570. The van der Waals surface area contributed by atoms with Crippen molar-refractivity contribution in [2.45, 2.75) is 41.7 Å². The van der Waals surface area contributed by atoms with Gasteiger partial charge in [0.1, 0.15) is 4.21 Å².